The summed E-state index contributed by atoms with van der Waals surface area (Å²) in [5, 5.41) is 41.5. The Bertz CT molecular complexity index is 3960. The smallest absolute Gasteiger partial charge is 0.408 e. The molecule has 0 spiro atoms. The van der Waals surface area contributed by atoms with Crippen molar-refractivity contribution in [3.8, 4) is 6.01 Å². The SMILES string of the molecule is CC(C)(C)OC(=O)N[C@H]1CCCCC/C=C\[C@@H]2C[C@@]2(C(=O)O)NC(=O)[C@@H]2C[C@@H](O)CN2C1=O.CC(C)(C)OC(=O)N[C@H]1CCCCC/C=C\[C@@H]2C[C@@]2(C(=O)O)NC(=O)[C@@H]2C[C@@H](Oc3nc4ccccc4n3Cc3ccccc3)CN2C1=O.Clc1nc2ccccc2n1Cc1ccccc1. The largest absolute Gasteiger partial charge is 0.479 e. The number of hydrogen-bond acceptors (Lipinski definition) is 14. The Labute approximate surface area is 580 Å². The fourth-order valence-corrected chi connectivity index (χ4v) is 13.5. The second kappa shape index (κ2) is 31.3. The number of halogens is 1. The van der Waals surface area contributed by atoms with Crippen LogP contribution in [0.4, 0.5) is 9.59 Å². The van der Waals surface area contributed by atoms with Gasteiger partial charge in [-0.3, -0.25) is 23.7 Å². The van der Waals surface area contributed by atoms with Gasteiger partial charge in [0.15, 0.2) is 0 Å². The highest BCUT2D eigenvalue weighted by Crippen LogP contribution is 2.47. The number of rotatable bonds is 10. The summed E-state index contributed by atoms with van der Waals surface area (Å²) in [6.45, 7) is 11.6. The summed E-state index contributed by atoms with van der Waals surface area (Å²) in [6.07, 6.45) is 12.2. The van der Waals surface area contributed by atoms with Crippen molar-refractivity contribution in [2.24, 2.45) is 11.8 Å². The number of aliphatic carboxylic acids is 2. The number of ether oxygens (including phenoxy) is 3. The van der Waals surface area contributed by atoms with Crippen LogP contribution in [-0.2, 0) is 51.3 Å². The molecule has 0 bridgehead atoms. The van der Waals surface area contributed by atoms with Crippen molar-refractivity contribution in [3.05, 3.63) is 150 Å². The lowest BCUT2D eigenvalue weighted by molar-refractivity contribution is -0.146. The maximum atomic E-state index is 14.3. The number of aliphatic hydroxyl groups excluding tert-OH is 1. The normalized spacial score (nSPS) is 26.5. The van der Waals surface area contributed by atoms with E-state index in [-0.39, 0.29) is 50.6 Å². The molecule has 7 N–H and O–H groups in total. The highest BCUT2D eigenvalue weighted by molar-refractivity contribution is 6.29. The molecule has 12 rings (SSSR count). The van der Waals surface area contributed by atoms with Crippen LogP contribution in [0.15, 0.2) is 133 Å². The Hall–Kier alpha value is -9.29. The minimum Gasteiger partial charge on any atom is -0.479 e. The molecule has 2 aliphatic carbocycles. The molecule has 4 aliphatic heterocycles. The van der Waals surface area contributed by atoms with E-state index in [1.54, 1.807) is 41.5 Å². The number of carboxylic acid groups (broad SMARTS) is 2. The summed E-state index contributed by atoms with van der Waals surface area (Å²) in [6, 6.07) is 32.3. The van der Waals surface area contributed by atoms with Crippen molar-refractivity contribution in [2.75, 3.05) is 13.1 Å². The number of carbonyl (C=O) groups excluding carboxylic acids is 6. The van der Waals surface area contributed by atoms with Gasteiger partial charge >= 0.3 is 24.1 Å². The summed E-state index contributed by atoms with van der Waals surface area (Å²) >= 11 is 6.17. The zero-order chi connectivity index (χ0) is 70.8. The van der Waals surface area contributed by atoms with Crippen molar-refractivity contribution >= 4 is 81.4 Å². The lowest BCUT2D eigenvalue weighted by Gasteiger charge is -2.30. The number of aromatic nitrogens is 4. The average Bonchev–Trinajstić information content (AvgIpc) is 1.60. The quantitative estimate of drug-likeness (QED) is 0.0627. The summed E-state index contributed by atoms with van der Waals surface area (Å²) in [5.41, 5.74) is 1.57. The van der Waals surface area contributed by atoms with E-state index in [0.29, 0.717) is 43.5 Å². The number of para-hydroxylation sites is 4. The molecule has 2 saturated carbocycles. The third-order valence-electron chi connectivity index (χ3n) is 18.5. The fourth-order valence-electron chi connectivity index (χ4n) is 13.3. The predicted molar refractivity (Wildman–Crippen MR) is 370 cm³/mol. The van der Waals surface area contributed by atoms with Gasteiger partial charge in [-0.1, -0.05) is 135 Å². The number of fused-ring (bicyclic) bond motifs is 6. The Morgan fingerprint density at radius 3 is 1.49 bits per heavy atom. The number of amides is 6. The number of imidazole rings is 2. The standard InChI is InChI=1S/C37H45N5O7.C23H35N3O7.C14H11ClN2/c1-36(2,3)49-35(47)39-28-18-11-6-4-5-10-16-25-21-37(25,33(45)46)40-31(43)30-20-26(23-41(30)32(28)44)48-34-38-27-17-12-13-19-29(27)42(34)22-24-14-8-7-9-15-24;1-22(2,3)33-21(32)24-16-10-8-6-4-5-7-9-14-12-23(14,20(30)31)25-18(28)17-11-15(27)13-26(17)19(16)29;15-14-16-12-8-4-5-9-13(12)17(14)10-11-6-2-1-3-7-11/h7-10,12-17,19,25-26,28,30H,4-6,11,18,20-23H2,1-3H3,(H,39,47)(H,40,43)(H,45,46);7,9,14-17,27H,4-6,8,10-13H2,1-3H3,(H,24,32)(H,25,28)(H,30,31);1-9H,10H2/b16-10-;9-7-;/t25-,26-,28+,30+,37-;14-,15-,16+,17+,23-;/m11./s1. The van der Waals surface area contributed by atoms with Crippen molar-refractivity contribution < 1.29 is 67.9 Å². The second-order valence-electron chi connectivity index (χ2n) is 28.5. The summed E-state index contributed by atoms with van der Waals surface area (Å²) in [5.74, 6) is -4.97. The molecule has 24 nitrogen and oxygen atoms in total. The van der Waals surface area contributed by atoms with Gasteiger partial charge in [0.25, 0.3) is 6.01 Å². The molecule has 4 fully saturated rings. The van der Waals surface area contributed by atoms with Gasteiger partial charge in [-0.15, -0.1) is 0 Å². The average molecular weight is 1380 g/mol. The monoisotopic (exact) mass is 1380 g/mol. The van der Waals surface area contributed by atoms with Gasteiger partial charge in [0, 0.05) is 31.2 Å². The van der Waals surface area contributed by atoms with E-state index in [0.717, 1.165) is 72.7 Å². The number of hydrogen-bond donors (Lipinski definition) is 7. The minimum atomic E-state index is -1.43. The molecular formula is C74H91ClN10O14. The topological polar surface area (TPSA) is 315 Å². The lowest BCUT2D eigenvalue weighted by atomic mass is 10.0. The van der Waals surface area contributed by atoms with E-state index in [1.807, 2.05) is 131 Å². The number of carboxylic acids is 2. The van der Waals surface area contributed by atoms with Crippen LogP contribution in [0.2, 0.25) is 5.28 Å². The number of aliphatic hydroxyl groups is 1. The van der Waals surface area contributed by atoms with Crippen LogP contribution < -0.4 is 26.0 Å². The first kappa shape index (κ1) is 72.5. The Kier molecular flexibility index (Phi) is 22.9. The van der Waals surface area contributed by atoms with E-state index in [9.17, 15) is 53.7 Å². The van der Waals surface area contributed by atoms with Crippen molar-refractivity contribution in [1.82, 2.24) is 50.2 Å². The molecule has 0 radical (unpaired) electrons. The molecular weight excluding hydrogens is 1290 g/mol. The van der Waals surface area contributed by atoms with Crippen LogP contribution in [0.5, 0.6) is 6.01 Å². The number of nitrogens with zero attached hydrogens (tertiary/aromatic N) is 6. The van der Waals surface area contributed by atoms with Gasteiger partial charge in [-0.05, 0) is 140 Å². The van der Waals surface area contributed by atoms with Gasteiger partial charge < -0.3 is 65.2 Å². The first-order valence-electron chi connectivity index (χ1n) is 34.2. The molecule has 6 amide bonds. The number of carbonyl (C=O) groups is 8. The third-order valence-corrected chi connectivity index (χ3v) is 18.8. The van der Waals surface area contributed by atoms with Crippen LogP contribution >= 0.6 is 11.6 Å². The molecule has 528 valence electrons. The number of benzene rings is 4. The minimum absolute atomic E-state index is 0.00688. The third kappa shape index (κ3) is 18.3. The molecule has 10 atom stereocenters. The first-order chi connectivity index (χ1) is 47.2. The molecule has 6 aromatic rings. The summed E-state index contributed by atoms with van der Waals surface area (Å²) in [4.78, 5) is 116. The second-order valence-corrected chi connectivity index (χ2v) is 28.8. The van der Waals surface area contributed by atoms with Crippen LogP contribution in [0.3, 0.4) is 0 Å². The fraction of sp³-hybridized carbons (Fsp3) is 0.486. The van der Waals surface area contributed by atoms with Crippen molar-refractivity contribution in [3.63, 3.8) is 0 Å². The Balaban J connectivity index is 0.000000181. The molecule has 4 aromatic carbocycles. The van der Waals surface area contributed by atoms with Crippen LogP contribution in [0.1, 0.15) is 143 Å². The molecule has 6 aliphatic rings. The van der Waals surface area contributed by atoms with Gasteiger partial charge in [-0.25, -0.2) is 24.2 Å². The Morgan fingerprint density at radius 2 is 1.01 bits per heavy atom. The van der Waals surface area contributed by atoms with Crippen molar-refractivity contribution in [1.29, 1.82) is 0 Å². The van der Waals surface area contributed by atoms with E-state index >= 15 is 0 Å². The lowest BCUT2D eigenvalue weighted by Crippen LogP contribution is -2.56. The van der Waals surface area contributed by atoms with Gasteiger partial charge in [0.1, 0.15) is 52.6 Å². The van der Waals surface area contributed by atoms with E-state index in [2.05, 4.69) is 38.4 Å². The molecule has 99 heavy (non-hydrogen) atoms. The molecule has 0 unspecified atom stereocenters. The number of alkyl carbamates (subject to hydrolysis) is 2. The summed E-state index contributed by atoms with van der Waals surface area (Å²) in [7, 11) is 0. The predicted octanol–water partition coefficient (Wildman–Crippen LogP) is 9.87. The van der Waals surface area contributed by atoms with Crippen LogP contribution in [0, 0.1) is 11.8 Å². The molecule has 6 heterocycles. The van der Waals surface area contributed by atoms with E-state index in [4.69, 9.17) is 30.8 Å². The zero-order valence-corrected chi connectivity index (χ0v) is 57.7. The zero-order valence-electron chi connectivity index (χ0n) is 56.9. The number of allylic oxidation sites excluding steroid dienone is 2. The number of nitrogens with one attached hydrogen (secondary N) is 4. The highest BCUT2D eigenvalue weighted by atomic mass is 35.5. The Morgan fingerprint density at radius 1 is 0.576 bits per heavy atom. The van der Waals surface area contributed by atoms with Gasteiger partial charge in [0.2, 0.25) is 28.9 Å². The van der Waals surface area contributed by atoms with Gasteiger partial charge in [-0.2, -0.15) is 4.98 Å². The van der Waals surface area contributed by atoms with E-state index < -0.39 is 106 Å². The first-order valence-corrected chi connectivity index (χ1v) is 34.6. The molecule has 2 saturated heterocycles. The highest BCUT2D eigenvalue weighted by Gasteiger charge is 2.63. The van der Waals surface area contributed by atoms with Crippen LogP contribution in [-0.4, -0.2) is 164 Å². The maximum absolute atomic E-state index is 14.3. The summed E-state index contributed by atoms with van der Waals surface area (Å²) < 4.78 is 21.3. The van der Waals surface area contributed by atoms with Crippen LogP contribution in [0.25, 0.3) is 22.1 Å². The maximum Gasteiger partial charge on any atom is 0.408 e. The van der Waals surface area contributed by atoms with Crippen molar-refractivity contribution in [2.45, 2.75) is 203 Å². The van der Waals surface area contributed by atoms with E-state index in [1.165, 1.54) is 15.4 Å². The molecule has 2 aromatic heterocycles. The van der Waals surface area contributed by atoms with Gasteiger partial charge in [0.05, 0.1) is 47.8 Å². The molecule has 25 heteroatoms.